The van der Waals surface area contributed by atoms with E-state index in [-0.39, 0.29) is 12.5 Å². The quantitative estimate of drug-likeness (QED) is 0.274. The zero-order valence-corrected chi connectivity index (χ0v) is 19.0. The van der Waals surface area contributed by atoms with Crippen LogP contribution < -0.4 is 20.8 Å². The molecule has 0 aromatic heterocycles. The molecule has 0 aliphatic carbocycles. The highest BCUT2D eigenvalue weighted by molar-refractivity contribution is 6.39. The summed E-state index contributed by atoms with van der Waals surface area (Å²) in [6, 6.07) is 21.9. The molecule has 8 heteroatoms. The lowest BCUT2D eigenvalue weighted by atomic mass is 10.1. The summed E-state index contributed by atoms with van der Waals surface area (Å²) in [5.74, 6) is -1.48. The first kappa shape index (κ1) is 24.2. The average Bonchev–Trinajstić information content (AvgIpc) is 2.85. The van der Waals surface area contributed by atoms with Crippen LogP contribution in [-0.4, -0.2) is 30.5 Å². The zero-order chi connectivity index (χ0) is 24.3. The van der Waals surface area contributed by atoms with E-state index in [1.54, 1.807) is 36.4 Å². The van der Waals surface area contributed by atoms with E-state index < -0.39 is 11.8 Å². The lowest BCUT2D eigenvalue weighted by Gasteiger charge is -2.09. The number of hydrazone groups is 1. The number of amides is 3. The van der Waals surface area contributed by atoms with Gasteiger partial charge in [0.15, 0.2) is 6.61 Å². The maximum atomic E-state index is 12.1. The van der Waals surface area contributed by atoms with Gasteiger partial charge in [0.05, 0.1) is 6.21 Å². The summed E-state index contributed by atoms with van der Waals surface area (Å²) in [7, 11) is 0. The fraction of sp³-hybridized carbons (Fsp3) is 0.154. The van der Waals surface area contributed by atoms with Crippen LogP contribution in [-0.2, 0) is 20.9 Å². The van der Waals surface area contributed by atoms with E-state index in [1.807, 2.05) is 50.2 Å². The SMILES string of the molecule is Cc1cccc(NC(=O)C(=O)N/N=C\c2cccc(OCC(=O)NCc3ccccc3)c2)c1C. The molecule has 0 aliphatic rings. The normalized spacial score (nSPS) is 10.5. The largest absolute Gasteiger partial charge is 0.484 e. The number of anilines is 1. The molecule has 0 fully saturated rings. The summed E-state index contributed by atoms with van der Waals surface area (Å²) in [4.78, 5) is 36.2. The molecule has 3 aromatic carbocycles. The molecule has 0 spiro atoms. The van der Waals surface area contributed by atoms with Crippen molar-refractivity contribution in [1.29, 1.82) is 0 Å². The van der Waals surface area contributed by atoms with Gasteiger partial charge in [0.25, 0.3) is 5.91 Å². The average molecular weight is 459 g/mol. The minimum absolute atomic E-state index is 0.136. The molecule has 0 saturated heterocycles. The fourth-order valence-corrected chi connectivity index (χ4v) is 2.96. The minimum atomic E-state index is -0.889. The molecule has 0 atom stereocenters. The van der Waals surface area contributed by atoms with Crippen molar-refractivity contribution in [2.24, 2.45) is 5.10 Å². The highest BCUT2D eigenvalue weighted by atomic mass is 16.5. The van der Waals surface area contributed by atoms with Gasteiger partial charge in [-0.25, -0.2) is 5.43 Å². The van der Waals surface area contributed by atoms with E-state index in [2.05, 4.69) is 21.2 Å². The second-order valence-corrected chi connectivity index (χ2v) is 7.52. The standard InChI is InChI=1S/C26H26N4O4/c1-18-8-6-13-23(19(18)2)29-25(32)26(33)30-28-16-21-11-7-12-22(14-21)34-17-24(31)27-15-20-9-4-3-5-10-20/h3-14,16H,15,17H2,1-2H3,(H,27,31)(H,29,32)(H,30,33)/b28-16-. The maximum Gasteiger partial charge on any atom is 0.329 e. The third-order valence-corrected chi connectivity index (χ3v) is 5.00. The molecule has 3 amide bonds. The van der Waals surface area contributed by atoms with Crippen LogP contribution in [0.25, 0.3) is 0 Å². The molecule has 0 saturated carbocycles. The Hall–Kier alpha value is -4.46. The Labute approximate surface area is 198 Å². The topological polar surface area (TPSA) is 109 Å². The molecular formula is C26H26N4O4. The van der Waals surface area contributed by atoms with Crippen molar-refractivity contribution in [3.63, 3.8) is 0 Å². The number of nitrogens with zero attached hydrogens (tertiary/aromatic N) is 1. The van der Waals surface area contributed by atoms with Gasteiger partial charge in [0.2, 0.25) is 0 Å². The van der Waals surface area contributed by atoms with Gasteiger partial charge in [-0.3, -0.25) is 14.4 Å². The maximum absolute atomic E-state index is 12.1. The number of hydrogen-bond acceptors (Lipinski definition) is 5. The molecule has 0 heterocycles. The lowest BCUT2D eigenvalue weighted by Crippen LogP contribution is -2.32. The number of nitrogens with one attached hydrogen (secondary N) is 3. The van der Waals surface area contributed by atoms with Crippen molar-refractivity contribution in [3.8, 4) is 5.75 Å². The van der Waals surface area contributed by atoms with Gasteiger partial charge >= 0.3 is 11.8 Å². The van der Waals surface area contributed by atoms with Crippen LogP contribution in [0.1, 0.15) is 22.3 Å². The summed E-state index contributed by atoms with van der Waals surface area (Å²) in [5, 5.41) is 9.19. The predicted octanol–water partition coefficient (Wildman–Crippen LogP) is 3.09. The highest BCUT2D eigenvalue weighted by Crippen LogP contribution is 2.17. The van der Waals surface area contributed by atoms with Crippen LogP contribution in [0.2, 0.25) is 0 Å². The van der Waals surface area contributed by atoms with Gasteiger partial charge in [0.1, 0.15) is 5.75 Å². The van der Waals surface area contributed by atoms with Crippen molar-refractivity contribution in [1.82, 2.24) is 10.7 Å². The molecule has 3 N–H and O–H groups in total. The zero-order valence-electron chi connectivity index (χ0n) is 19.0. The van der Waals surface area contributed by atoms with Crippen LogP contribution in [0.15, 0.2) is 77.9 Å². The van der Waals surface area contributed by atoms with Crippen LogP contribution in [0, 0.1) is 13.8 Å². The number of rotatable bonds is 8. The molecule has 174 valence electrons. The smallest absolute Gasteiger partial charge is 0.329 e. The summed E-state index contributed by atoms with van der Waals surface area (Å²) in [6.07, 6.45) is 1.38. The molecular weight excluding hydrogens is 432 g/mol. The van der Waals surface area contributed by atoms with Crippen molar-refractivity contribution < 1.29 is 19.1 Å². The summed E-state index contributed by atoms with van der Waals surface area (Å²) >= 11 is 0. The number of carbonyl (C=O) groups is 3. The molecule has 0 aliphatic heterocycles. The molecule has 3 aromatic rings. The Bertz CT molecular complexity index is 1190. The van der Waals surface area contributed by atoms with Crippen molar-refractivity contribution in [2.45, 2.75) is 20.4 Å². The second kappa shape index (κ2) is 12.0. The minimum Gasteiger partial charge on any atom is -0.484 e. The van der Waals surface area contributed by atoms with Crippen molar-refractivity contribution in [2.75, 3.05) is 11.9 Å². The van der Waals surface area contributed by atoms with Crippen LogP contribution >= 0.6 is 0 Å². The molecule has 34 heavy (non-hydrogen) atoms. The number of carbonyl (C=O) groups excluding carboxylic acids is 3. The van der Waals surface area contributed by atoms with Gasteiger partial charge in [-0.15, -0.1) is 0 Å². The molecule has 0 radical (unpaired) electrons. The summed E-state index contributed by atoms with van der Waals surface area (Å²) in [5.41, 5.74) is 6.29. The fourth-order valence-electron chi connectivity index (χ4n) is 2.96. The Morgan fingerprint density at radius 3 is 2.47 bits per heavy atom. The lowest BCUT2D eigenvalue weighted by molar-refractivity contribution is -0.136. The monoisotopic (exact) mass is 458 g/mol. The first-order valence-electron chi connectivity index (χ1n) is 10.7. The van der Waals surface area contributed by atoms with Crippen molar-refractivity contribution >= 4 is 29.6 Å². The van der Waals surface area contributed by atoms with Gasteiger partial charge in [0, 0.05) is 12.2 Å². The summed E-state index contributed by atoms with van der Waals surface area (Å²) < 4.78 is 5.52. The number of benzene rings is 3. The van der Waals surface area contributed by atoms with E-state index in [0.29, 0.717) is 23.5 Å². The van der Waals surface area contributed by atoms with Gasteiger partial charge in [-0.05, 0) is 54.3 Å². The molecule has 8 nitrogen and oxygen atoms in total. The molecule has 3 rings (SSSR count). The molecule has 0 bridgehead atoms. The van der Waals surface area contributed by atoms with E-state index in [0.717, 1.165) is 16.7 Å². The van der Waals surface area contributed by atoms with Gasteiger partial charge in [-0.2, -0.15) is 5.10 Å². The number of ether oxygens (including phenoxy) is 1. The predicted molar refractivity (Wildman–Crippen MR) is 131 cm³/mol. The molecule has 0 unspecified atom stereocenters. The summed E-state index contributed by atoms with van der Waals surface area (Å²) in [6.45, 7) is 4.07. The van der Waals surface area contributed by atoms with Crippen molar-refractivity contribution in [3.05, 3.63) is 95.1 Å². The van der Waals surface area contributed by atoms with Crippen LogP contribution in [0.4, 0.5) is 5.69 Å². The van der Waals surface area contributed by atoms with E-state index >= 15 is 0 Å². The van der Waals surface area contributed by atoms with Gasteiger partial charge in [-0.1, -0.05) is 54.6 Å². The second-order valence-electron chi connectivity index (χ2n) is 7.52. The highest BCUT2D eigenvalue weighted by Gasteiger charge is 2.14. The van der Waals surface area contributed by atoms with E-state index in [4.69, 9.17) is 4.74 Å². The first-order valence-corrected chi connectivity index (χ1v) is 10.7. The van der Waals surface area contributed by atoms with E-state index in [1.165, 1.54) is 6.21 Å². The first-order chi connectivity index (χ1) is 16.4. The Morgan fingerprint density at radius 2 is 1.68 bits per heavy atom. The Balaban J connectivity index is 1.46. The number of hydrogen-bond donors (Lipinski definition) is 3. The Kier molecular flexibility index (Phi) is 8.51. The van der Waals surface area contributed by atoms with Crippen LogP contribution in [0.5, 0.6) is 5.75 Å². The third-order valence-electron chi connectivity index (χ3n) is 5.00. The number of aryl methyl sites for hydroxylation is 1. The van der Waals surface area contributed by atoms with Gasteiger partial charge < -0.3 is 15.4 Å². The third kappa shape index (κ3) is 7.30. The van der Waals surface area contributed by atoms with Crippen LogP contribution in [0.3, 0.4) is 0 Å². The Morgan fingerprint density at radius 1 is 0.912 bits per heavy atom. The van der Waals surface area contributed by atoms with E-state index in [9.17, 15) is 14.4 Å².